The molecule has 0 aliphatic rings. The molecule has 0 amide bonds. The van der Waals surface area contributed by atoms with Gasteiger partial charge in [-0.15, -0.1) is 0 Å². The van der Waals surface area contributed by atoms with Crippen LogP contribution in [-0.2, 0) is 14.3 Å². The topological polar surface area (TPSA) is 63.6 Å². The lowest BCUT2D eigenvalue weighted by Crippen LogP contribution is -2.24. The zero-order valence-corrected chi connectivity index (χ0v) is 7.59. The molecule has 0 rings (SSSR count). The van der Waals surface area contributed by atoms with Crippen molar-refractivity contribution in [3.8, 4) is 0 Å². The second-order valence-electron chi connectivity index (χ2n) is 3.27. The summed E-state index contributed by atoms with van der Waals surface area (Å²) < 4.78 is 4.39. The lowest BCUT2D eigenvalue weighted by molar-refractivity contribution is -0.148. The Morgan fingerprint density at radius 1 is 1.42 bits per heavy atom. The van der Waals surface area contributed by atoms with Gasteiger partial charge in [-0.1, -0.05) is 0 Å². The summed E-state index contributed by atoms with van der Waals surface area (Å²) in [5, 5.41) is 8.67. The van der Waals surface area contributed by atoms with Gasteiger partial charge in [-0.05, 0) is 20.3 Å². The second-order valence-corrected chi connectivity index (χ2v) is 3.27. The smallest absolute Gasteiger partial charge is 0.309 e. The number of carbonyl (C=O) groups excluding carboxylic acids is 1. The van der Waals surface area contributed by atoms with E-state index in [4.69, 9.17) is 5.11 Å². The first-order valence-electron chi connectivity index (χ1n) is 3.70. The molecule has 0 saturated carbocycles. The number of carbonyl (C=O) groups is 2. The van der Waals surface area contributed by atoms with Crippen LogP contribution in [0.5, 0.6) is 0 Å². The molecule has 0 atom stereocenters. The minimum atomic E-state index is -0.897. The average molecular weight is 174 g/mol. The largest absolute Gasteiger partial charge is 0.481 e. The Morgan fingerprint density at radius 3 is 2.25 bits per heavy atom. The van der Waals surface area contributed by atoms with E-state index in [2.05, 4.69) is 4.74 Å². The molecule has 0 spiro atoms. The van der Waals surface area contributed by atoms with Crippen molar-refractivity contribution in [2.24, 2.45) is 5.41 Å². The molecule has 12 heavy (non-hydrogen) atoms. The molecule has 0 fully saturated rings. The van der Waals surface area contributed by atoms with Crippen LogP contribution in [-0.4, -0.2) is 24.2 Å². The van der Waals surface area contributed by atoms with E-state index in [-0.39, 0.29) is 12.4 Å². The summed E-state index contributed by atoms with van der Waals surface area (Å²) in [4.78, 5) is 21.2. The third-order valence-corrected chi connectivity index (χ3v) is 1.76. The fourth-order valence-corrected chi connectivity index (χ4v) is 0.624. The van der Waals surface area contributed by atoms with Gasteiger partial charge in [0.25, 0.3) is 0 Å². The molecule has 0 radical (unpaired) electrons. The Kier molecular flexibility index (Phi) is 3.73. The van der Waals surface area contributed by atoms with E-state index in [1.165, 1.54) is 7.11 Å². The number of methoxy groups -OCH3 is 1. The monoisotopic (exact) mass is 174 g/mol. The Balaban J connectivity index is 3.92. The van der Waals surface area contributed by atoms with E-state index >= 15 is 0 Å². The molecule has 70 valence electrons. The molecular formula is C8H14O4. The van der Waals surface area contributed by atoms with E-state index in [0.717, 1.165) is 0 Å². The molecule has 0 unspecified atom stereocenters. The average Bonchev–Trinajstić information content (AvgIpc) is 2.00. The predicted molar refractivity (Wildman–Crippen MR) is 42.7 cm³/mol. The van der Waals surface area contributed by atoms with Crippen molar-refractivity contribution in [2.75, 3.05) is 7.11 Å². The zero-order chi connectivity index (χ0) is 9.78. The first-order valence-corrected chi connectivity index (χ1v) is 3.70. The molecule has 0 saturated heterocycles. The van der Waals surface area contributed by atoms with E-state index in [0.29, 0.717) is 6.42 Å². The highest BCUT2D eigenvalue weighted by Gasteiger charge is 2.27. The standard InChI is InChI=1S/C8H14O4/c1-8(2,7(10)11)5-4-6(9)12-3/h4-5H2,1-3H3,(H,10,11). The maximum absolute atomic E-state index is 10.7. The molecule has 0 aliphatic heterocycles. The van der Waals surface area contributed by atoms with Crippen LogP contribution in [0.25, 0.3) is 0 Å². The highest BCUT2D eigenvalue weighted by molar-refractivity contribution is 5.75. The van der Waals surface area contributed by atoms with Crippen LogP contribution >= 0.6 is 0 Å². The van der Waals surface area contributed by atoms with Crippen LogP contribution < -0.4 is 0 Å². The summed E-state index contributed by atoms with van der Waals surface area (Å²) in [5.41, 5.74) is -0.853. The number of carboxylic acid groups (broad SMARTS) is 1. The highest BCUT2D eigenvalue weighted by Crippen LogP contribution is 2.22. The summed E-state index contributed by atoms with van der Waals surface area (Å²) in [5.74, 6) is -1.27. The predicted octanol–water partition coefficient (Wildman–Crippen LogP) is 1.05. The van der Waals surface area contributed by atoms with Crippen molar-refractivity contribution in [2.45, 2.75) is 26.7 Å². The molecule has 0 heterocycles. The van der Waals surface area contributed by atoms with Gasteiger partial charge in [0.15, 0.2) is 0 Å². The number of rotatable bonds is 4. The number of hydrogen-bond donors (Lipinski definition) is 1. The Bertz CT molecular complexity index is 183. The summed E-state index contributed by atoms with van der Waals surface area (Å²) in [7, 11) is 1.29. The molecule has 0 aliphatic carbocycles. The lowest BCUT2D eigenvalue weighted by Gasteiger charge is -2.17. The van der Waals surface area contributed by atoms with E-state index < -0.39 is 11.4 Å². The third kappa shape index (κ3) is 3.37. The van der Waals surface area contributed by atoms with Gasteiger partial charge >= 0.3 is 11.9 Å². The number of carboxylic acids is 1. The minimum absolute atomic E-state index is 0.149. The Labute approximate surface area is 71.5 Å². The number of hydrogen-bond acceptors (Lipinski definition) is 3. The lowest BCUT2D eigenvalue weighted by atomic mass is 9.88. The maximum Gasteiger partial charge on any atom is 0.309 e. The molecule has 4 nitrogen and oxygen atoms in total. The fraction of sp³-hybridized carbons (Fsp3) is 0.750. The highest BCUT2D eigenvalue weighted by atomic mass is 16.5. The normalized spacial score (nSPS) is 10.9. The summed E-state index contributed by atoms with van der Waals surface area (Å²) in [6, 6.07) is 0. The van der Waals surface area contributed by atoms with E-state index in [1.54, 1.807) is 13.8 Å². The quantitative estimate of drug-likeness (QED) is 0.647. The first-order chi connectivity index (χ1) is 5.40. The van der Waals surface area contributed by atoms with Gasteiger partial charge in [0, 0.05) is 6.42 Å². The fourth-order valence-electron chi connectivity index (χ4n) is 0.624. The van der Waals surface area contributed by atoms with Gasteiger partial charge in [-0.3, -0.25) is 9.59 Å². The van der Waals surface area contributed by atoms with Crippen LogP contribution in [0.15, 0.2) is 0 Å². The van der Waals surface area contributed by atoms with Crippen molar-refractivity contribution in [1.82, 2.24) is 0 Å². The van der Waals surface area contributed by atoms with Crippen LogP contribution in [0.4, 0.5) is 0 Å². The second kappa shape index (κ2) is 4.09. The van der Waals surface area contributed by atoms with Gasteiger partial charge in [0.2, 0.25) is 0 Å². The van der Waals surface area contributed by atoms with Gasteiger partial charge in [0.05, 0.1) is 12.5 Å². The molecule has 0 aromatic rings. The Morgan fingerprint density at radius 2 is 1.92 bits per heavy atom. The van der Waals surface area contributed by atoms with Crippen LogP contribution in [0.3, 0.4) is 0 Å². The molecular weight excluding hydrogens is 160 g/mol. The molecule has 4 heteroatoms. The number of esters is 1. The number of ether oxygens (including phenoxy) is 1. The summed E-state index contributed by atoms with van der Waals surface area (Å²) >= 11 is 0. The summed E-state index contributed by atoms with van der Waals surface area (Å²) in [6.45, 7) is 3.16. The van der Waals surface area contributed by atoms with Crippen molar-refractivity contribution in [1.29, 1.82) is 0 Å². The molecule has 0 bridgehead atoms. The van der Waals surface area contributed by atoms with Crippen molar-refractivity contribution < 1.29 is 19.4 Å². The molecule has 0 aromatic carbocycles. The van der Waals surface area contributed by atoms with Crippen molar-refractivity contribution in [3.05, 3.63) is 0 Å². The summed E-state index contributed by atoms with van der Waals surface area (Å²) in [6.07, 6.45) is 0.449. The van der Waals surface area contributed by atoms with E-state index in [1.807, 2.05) is 0 Å². The van der Waals surface area contributed by atoms with Crippen LogP contribution in [0.1, 0.15) is 26.7 Å². The number of aliphatic carboxylic acids is 1. The SMILES string of the molecule is COC(=O)CCC(C)(C)C(=O)O. The van der Waals surface area contributed by atoms with Gasteiger partial charge in [-0.25, -0.2) is 0 Å². The minimum Gasteiger partial charge on any atom is -0.481 e. The Hall–Kier alpha value is -1.06. The third-order valence-electron chi connectivity index (χ3n) is 1.76. The van der Waals surface area contributed by atoms with Gasteiger partial charge in [0.1, 0.15) is 0 Å². The van der Waals surface area contributed by atoms with E-state index in [9.17, 15) is 9.59 Å². The van der Waals surface area contributed by atoms with Crippen LogP contribution in [0.2, 0.25) is 0 Å². The zero-order valence-electron chi connectivity index (χ0n) is 7.59. The van der Waals surface area contributed by atoms with Gasteiger partial charge < -0.3 is 9.84 Å². The van der Waals surface area contributed by atoms with Crippen molar-refractivity contribution >= 4 is 11.9 Å². The maximum atomic E-state index is 10.7. The van der Waals surface area contributed by atoms with Gasteiger partial charge in [-0.2, -0.15) is 0 Å². The molecule has 1 N–H and O–H groups in total. The first kappa shape index (κ1) is 10.9. The van der Waals surface area contributed by atoms with Crippen LogP contribution in [0, 0.1) is 5.41 Å². The van der Waals surface area contributed by atoms with Crippen molar-refractivity contribution in [3.63, 3.8) is 0 Å². The molecule has 0 aromatic heterocycles.